The molecule has 1 amide bonds. The first-order valence-electron chi connectivity index (χ1n) is 9.95. The van der Waals surface area contributed by atoms with Crippen LogP contribution in [0.25, 0.3) is 0 Å². The summed E-state index contributed by atoms with van der Waals surface area (Å²) in [5.41, 5.74) is 2.27. The van der Waals surface area contributed by atoms with Crippen molar-refractivity contribution in [2.24, 2.45) is 5.92 Å². The lowest BCUT2D eigenvalue weighted by molar-refractivity contribution is -0.124. The molecule has 1 N–H and O–H groups in total. The van der Waals surface area contributed by atoms with Gasteiger partial charge in [-0.15, -0.1) is 0 Å². The van der Waals surface area contributed by atoms with Crippen LogP contribution in [-0.2, 0) is 16.1 Å². The van der Waals surface area contributed by atoms with E-state index in [1.807, 2.05) is 6.92 Å². The Hall–Kier alpha value is -1.36. The van der Waals surface area contributed by atoms with Gasteiger partial charge in [0.1, 0.15) is 0 Å². The second-order valence-corrected chi connectivity index (χ2v) is 8.00. The molecule has 3 atom stereocenters. The lowest BCUT2D eigenvalue weighted by Gasteiger charge is -2.40. The van der Waals surface area contributed by atoms with Crippen molar-refractivity contribution in [2.75, 3.05) is 0 Å². The van der Waals surface area contributed by atoms with Crippen molar-refractivity contribution in [1.29, 1.82) is 0 Å². The number of ether oxygens (including phenoxy) is 1. The summed E-state index contributed by atoms with van der Waals surface area (Å²) in [5.74, 6) is 0.744. The average molecular weight is 348 g/mol. The Bertz CT molecular complexity index is 577. The molecule has 1 aliphatic carbocycles. The molecule has 5 heteroatoms. The molecule has 1 saturated heterocycles. The zero-order valence-corrected chi connectivity index (χ0v) is 16.0. The van der Waals surface area contributed by atoms with E-state index in [-0.39, 0.29) is 18.1 Å². The van der Waals surface area contributed by atoms with Crippen molar-refractivity contribution in [3.63, 3.8) is 0 Å². The Kier molecular flexibility index (Phi) is 6.15. The van der Waals surface area contributed by atoms with Crippen LogP contribution < -0.4 is 5.32 Å². The Morgan fingerprint density at radius 2 is 2.04 bits per heavy atom. The minimum absolute atomic E-state index is 0.0755. The average Bonchev–Trinajstić information content (AvgIpc) is 2.90. The van der Waals surface area contributed by atoms with Crippen molar-refractivity contribution in [3.05, 3.63) is 17.5 Å². The Balaban J connectivity index is 1.61. The summed E-state index contributed by atoms with van der Waals surface area (Å²) >= 11 is 0. The van der Waals surface area contributed by atoms with Crippen LogP contribution in [0, 0.1) is 19.8 Å². The third-order valence-corrected chi connectivity index (χ3v) is 5.78. The van der Waals surface area contributed by atoms with Crippen LogP contribution in [0.1, 0.15) is 69.7 Å². The lowest BCUT2D eigenvalue weighted by Crippen LogP contribution is -2.47. The molecule has 0 unspecified atom stereocenters. The topological polar surface area (TPSA) is 56.2 Å². The summed E-state index contributed by atoms with van der Waals surface area (Å²) in [6.07, 6.45) is 9.93. The number of nitrogens with one attached hydrogen (secondary N) is 1. The number of carbonyl (C=O) groups excluding carboxylic acids is 1. The Morgan fingerprint density at radius 3 is 2.68 bits per heavy atom. The standard InChI is InChI=1S/C20H33N3O2/c1-14-11-15(2)23(22-14)10-9-19-12-18(21-16(3)24)13-20(25-19)17-7-5-4-6-8-17/h11,17-20H,4-10,12-13H2,1-3H3,(H,21,24)/t18-,19+,20+/m0/s1. The maximum atomic E-state index is 11.6. The van der Waals surface area contributed by atoms with E-state index in [1.54, 1.807) is 6.92 Å². The third kappa shape index (κ3) is 5.06. The summed E-state index contributed by atoms with van der Waals surface area (Å²) < 4.78 is 8.59. The fourth-order valence-corrected chi connectivity index (χ4v) is 4.62. The number of hydrogen-bond acceptors (Lipinski definition) is 3. The van der Waals surface area contributed by atoms with Gasteiger partial charge in [-0.25, -0.2) is 0 Å². The Labute approximate surface area is 151 Å². The van der Waals surface area contributed by atoms with Gasteiger partial charge in [0, 0.05) is 25.2 Å². The number of aromatic nitrogens is 2. The lowest BCUT2D eigenvalue weighted by atomic mass is 9.81. The molecule has 0 spiro atoms. The fourth-order valence-electron chi connectivity index (χ4n) is 4.62. The largest absolute Gasteiger partial charge is 0.374 e. The fraction of sp³-hybridized carbons (Fsp3) is 0.800. The van der Waals surface area contributed by atoms with Gasteiger partial charge in [0.15, 0.2) is 0 Å². The van der Waals surface area contributed by atoms with E-state index in [4.69, 9.17) is 4.74 Å². The van der Waals surface area contributed by atoms with E-state index in [1.165, 1.54) is 37.8 Å². The third-order valence-electron chi connectivity index (χ3n) is 5.78. The highest BCUT2D eigenvalue weighted by atomic mass is 16.5. The molecular formula is C20H33N3O2. The van der Waals surface area contributed by atoms with Crippen molar-refractivity contribution < 1.29 is 9.53 Å². The summed E-state index contributed by atoms with van der Waals surface area (Å²) in [6, 6.07) is 2.37. The van der Waals surface area contributed by atoms with Crippen LogP contribution in [0.15, 0.2) is 6.07 Å². The van der Waals surface area contributed by atoms with Crippen LogP contribution in [-0.4, -0.2) is 33.9 Å². The zero-order valence-electron chi connectivity index (χ0n) is 16.0. The highest BCUT2D eigenvalue weighted by molar-refractivity contribution is 5.73. The van der Waals surface area contributed by atoms with Crippen molar-refractivity contribution in [3.8, 4) is 0 Å². The monoisotopic (exact) mass is 347 g/mol. The van der Waals surface area contributed by atoms with Gasteiger partial charge in [-0.3, -0.25) is 9.48 Å². The number of amides is 1. The first-order valence-corrected chi connectivity index (χ1v) is 9.95. The molecule has 1 aliphatic heterocycles. The van der Waals surface area contributed by atoms with E-state index in [0.717, 1.165) is 31.5 Å². The van der Waals surface area contributed by atoms with Crippen LogP contribution in [0.4, 0.5) is 0 Å². The van der Waals surface area contributed by atoms with E-state index >= 15 is 0 Å². The summed E-state index contributed by atoms with van der Waals surface area (Å²) in [4.78, 5) is 11.6. The quantitative estimate of drug-likeness (QED) is 0.886. The van der Waals surface area contributed by atoms with Gasteiger partial charge in [-0.05, 0) is 57.9 Å². The molecule has 140 valence electrons. The van der Waals surface area contributed by atoms with Gasteiger partial charge in [0.25, 0.3) is 0 Å². The van der Waals surface area contributed by atoms with Crippen LogP contribution in [0.2, 0.25) is 0 Å². The Morgan fingerprint density at radius 1 is 1.28 bits per heavy atom. The van der Waals surface area contributed by atoms with Crippen LogP contribution in [0.5, 0.6) is 0 Å². The molecule has 1 aromatic rings. The predicted molar refractivity (Wildman–Crippen MR) is 98.4 cm³/mol. The van der Waals surface area contributed by atoms with Gasteiger partial charge in [0.2, 0.25) is 5.91 Å². The molecule has 5 nitrogen and oxygen atoms in total. The molecule has 3 rings (SSSR count). The molecule has 2 fully saturated rings. The van der Waals surface area contributed by atoms with Crippen molar-refractivity contribution in [2.45, 2.75) is 96.9 Å². The van der Waals surface area contributed by atoms with E-state index in [0.29, 0.717) is 12.0 Å². The molecule has 2 heterocycles. The highest BCUT2D eigenvalue weighted by Crippen LogP contribution is 2.34. The highest BCUT2D eigenvalue weighted by Gasteiger charge is 2.35. The number of nitrogens with zero attached hydrogens (tertiary/aromatic N) is 2. The number of hydrogen-bond donors (Lipinski definition) is 1. The number of rotatable bonds is 5. The molecule has 1 saturated carbocycles. The second-order valence-electron chi connectivity index (χ2n) is 8.00. The predicted octanol–water partition coefficient (Wildman–Crippen LogP) is 3.52. The van der Waals surface area contributed by atoms with Crippen molar-refractivity contribution >= 4 is 5.91 Å². The molecular weight excluding hydrogens is 314 g/mol. The maximum absolute atomic E-state index is 11.6. The smallest absolute Gasteiger partial charge is 0.217 e. The molecule has 0 bridgehead atoms. The van der Waals surface area contributed by atoms with Crippen LogP contribution >= 0.6 is 0 Å². The van der Waals surface area contributed by atoms with Crippen LogP contribution in [0.3, 0.4) is 0 Å². The first-order chi connectivity index (χ1) is 12.0. The molecule has 0 aromatic carbocycles. The van der Waals surface area contributed by atoms with Gasteiger partial charge in [-0.2, -0.15) is 5.10 Å². The summed E-state index contributed by atoms with van der Waals surface area (Å²) in [6.45, 7) is 6.64. The van der Waals surface area contributed by atoms with Gasteiger partial charge < -0.3 is 10.1 Å². The molecule has 2 aliphatic rings. The maximum Gasteiger partial charge on any atom is 0.217 e. The number of aryl methyl sites for hydroxylation is 3. The minimum Gasteiger partial charge on any atom is -0.374 e. The molecule has 1 aromatic heterocycles. The van der Waals surface area contributed by atoms with Crippen molar-refractivity contribution in [1.82, 2.24) is 15.1 Å². The van der Waals surface area contributed by atoms with Gasteiger partial charge in [0.05, 0.1) is 17.9 Å². The van der Waals surface area contributed by atoms with Gasteiger partial charge in [-0.1, -0.05) is 19.3 Å². The van der Waals surface area contributed by atoms with E-state index < -0.39 is 0 Å². The SMILES string of the molecule is CC(=O)N[C@H]1C[C@@H](CCn2nc(C)cc2C)O[C@@H](C2CCCCC2)C1. The normalized spacial score (nSPS) is 28.0. The molecule has 0 radical (unpaired) electrons. The number of carbonyl (C=O) groups is 1. The van der Waals surface area contributed by atoms with E-state index in [2.05, 4.69) is 28.1 Å². The second kappa shape index (κ2) is 8.35. The molecule has 25 heavy (non-hydrogen) atoms. The van der Waals surface area contributed by atoms with E-state index in [9.17, 15) is 4.79 Å². The minimum atomic E-state index is 0.0755. The van der Waals surface area contributed by atoms with Gasteiger partial charge >= 0.3 is 0 Å². The summed E-state index contributed by atoms with van der Waals surface area (Å²) in [7, 11) is 0. The summed E-state index contributed by atoms with van der Waals surface area (Å²) in [5, 5.41) is 7.72. The first kappa shape index (κ1) is 18.4. The zero-order chi connectivity index (χ0) is 17.8.